The van der Waals surface area contributed by atoms with E-state index in [4.69, 9.17) is 4.74 Å². The van der Waals surface area contributed by atoms with Crippen molar-refractivity contribution in [1.29, 1.82) is 0 Å². The molecular formula is C18H30N4O3S. The number of guanidine groups is 1. The highest BCUT2D eigenvalue weighted by Crippen LogP contribution is 2.23. The van der Waals surface area contributed by atoms with Crippen LogP contribution in [0, 0.1) is 0 Å². The van der Waals surface area contributed by atoms with E-state index in [9.17, 15) is 8.42 Å². The number of methoxy groups -OCH3 is 1. The van der Waals surface area contributed by atoms with Gasteiger partial charge in [-0.3, -0.25) is 4.99 Å². The van der Waals surface area contributed by atoms with Crippen molar-refractivity contribution in [2.24, 2.45) is 4.99 Å². The Bertz CT molecular complexity index is 700. The first kappa shape index (κ1) is 20.7. The maximum Gasteiger partial charge on any atom is 0.243 e. The van der Waals surface area contributed by atoms with E-state index in [2.05, 4.69) is 15.6 Å². The number of nitrogens with zero attached hydrogens (tertiary/aromatic N) is 2. The van der Waals surface area contributed by atoms with Crippen molar-refractivity contribution in [2.75, 3.05) is 33.9 Å². The number of ether oxygens (including phenoxy) is 1. The molecule has 7 nitrogen and oxygen atoms in total. The summed E-state index contributed by atoms with van der Waals surface area (Å²) in [6, 6.07) is 7.25. The lowest BCUT2D eigenvalue weighted by atomic mass is 10.2. The van der Waals surface area contributed by atoms with E-state index in [-0.39, 0.29) is 6.04 Å². The number of hydrogen-bond donors (Lipinski definition) is 2. The average molecular weight is 383 g/mol. The third-order valence-corrected chi connectivity index (χ3v) is 6.37. The maximum absolute atomic E-state index is 13.0. The van der Waals surface area contributed by atoms with E-state index in [0.717, 1.165) is 24.8 Å². The van der Waals surface area contributed by atoms with Crippen molar-refractivity contribution in [2.45, 2.75) is 43.7 Å². The van der Waals surface area contributed by atoms with Crippen LogP contribution >= 0.6 is 0 Å². The molecule has 0 bridgehead atoms. The van der Waals surface area contributed by atoms with Gasteiger partial charge in [-0.05, 0) is 31.4 Å². The van der Waals surface area contributed by atoms with Crippen LogP contribution in [-0.2, 0) is 21.3 Å². The minimum Gasteiger partial charge on any atom is -0.383 e. The van der Waals surface area contributed by atoms with E-state index in [1.54, 1.807) is 30.6 Å². The van der Waals surface area contributed by atoms with Gasteiger partial charge in [0.2, 0.25) is 10.0 Å². The molecule has 1 heterocycles. The third kappa shape index (κ3) is 5.43. The maximum atomic E-state index is 13.0. The molecule has 1 saturated heterocycles. The molecule has 2 N–H and O–H groups in total. The molecule has 146 valence electrons. The predicted molar refractivity (Wildman–Crippen MR) is 104 cm³/mol. The van der Waals surface area contributed by atoms with Crippen LogP contribution in [0.15, 0.2) is 34.2 Å². The second kappa shape index (κ2) is 9.89. The first-order chi connectivity index (χ1) is 12.5. The summed E-state index contributed by atoms with van der Waals surface area (Å²) in [5, 5.41) is 6.40. The van der Waals surface area contributed by atoms with E-state index in [1.165, 1.54) is 0 Å². The SMILES string of the molecule is CN=C(NCc1ccccc1S(=O)(=O)N1CCCCC1)NC(C)COC. The van der Waals surface area contributed by atoms with E-state index in [1.807, 2.05) is 19.1 Å². The summed E-state index contributed by atoms with van der Waals surface area (Å²) in [6.07, 6.45) is 2.94. The molecule has 0 aliphatic carbocycles. The van der Waals surface area contributed by atoms with Gasteiger partial charge in [0.1, 0.15) is 0 Å². The summed E-state index contributed by atoms with van der Waals surface area (Å²) >= 11 is 0. The molecule has 1 aliphatic rings. The summed E-state index contributed by atoms with van der Waals surface area (Å²) in [7, 11) is -0.131. The lowest BCUT2D eigenvalue weighted by Gasteiger charge is -2.27. The van der Waals surface area contributed by atoms with Gasteiger partial charge in [0.15, 0.2) is 5.96 Å². The summed E-state index contributed by atoms with van der Waals surface area (Å²) in [5.74, 6) is 0.611. The summed E-state index contributed by atoms with van der Waals surface area (Å²) in [4.78, 5) is 4.56. The van der Waals surface area contributed by atoms with Gasteiger partial charge in [-0.25, -0.2) is 8.42 Å². The summed E-state index contributed by atoms with van der Waals surface area (Å²) < 4.78 is 32.8. The molecule has 0 saturated carbocycles. The largest absolute Gasteiger partial charge is 0.383 e. The van der Waals surface area contributed by atoms with E-state index >= 15 is 0 Å². The number of aliphatic imine (C=N–C) groups is 1. The van der Waals surface area contributed by atoms with Crippen LogP contribution in [0.4, 0.5) is 0 Å². The topological polar surface area (TPSA) is 83.0 Å². The Hall–Kier alpha value is -1.64. The first-order valence-corrected chi connectivity index (χ1v) is 10.5. The Balaban J connectivity index is 2.11. The number of hydrogen-bond acceptors (Lipinski definition) is 4. The minimum absolute atomic E-state index is 0.0959. The zero-order valence-electron chi connectivity index (χ0n) is 15.9. The Morgan fingerprint density at radius 3 is 2.62 bits per heavy atom. The molecule has 0 spiro atoms. The fourth-order valence-corrected chi connectivity index (χ4v) is 4.78. The van der Waals surface area contributed by atoms with E-state index < -0.39 is 10.0 Å². The normalized spacial score (nSPS) is 17.7. The van der Waals surface area contributed by atoms with Crippen LogP contribution in [0.5, 0.6) is 0 Å². The smallest absolute Gasteiger partial charge is 0.243 e. The molecule has 1 aromatic carbocycles. The molecule has 1 aliphatic heterocycles. The molecule has 0 aromatic heterocycles. The zero-order valence-corrected chi connectivity index (χ0v) is 16.7. The van der Waals surface area contributed by atoms with Gasteiger partial charge in [-0.1, -0.05) is 24.6 Å². The van der Waals surface area contributed by atoms with Gasteiger partial charge in [-0.2, -0.15) is 4.31 Å². The summed E-state index contributed by atoms with van der Waals surface area (Å²) in [6.45, 7) is 4.12. The zero-order chi connectivity index (χ0) is 19.0. The second-order valence-corrected chi connectivity index (χ2v) is 8.41. The lowest BCUT2D eigenvalue weighted by molar-refractivity contribution is 0.179. The average Bonchev–Trinajstić information content (AvgIpc) is 2.66. The second-order valence-electron chi connectivity index (χ2n) is 6.50. The number of rotatable bonds is 7. The van der Waals surface area contributed by atoms with E-state index in [0.29, 0.717) is 37.1 Å². The predicted octanol–water partition coefficient (Wildman–Crippen LogP) is 1.56. The Morgan fingerprint density at radius 1 is 1.27 bits per heavy atom. The number of nitrogens with one attached hydrogen (secondary N) is 2. The van der Waals surface area contributed by atoms with Crippen LogP contribution in [-0.4, -0.2) is 58.6 Å². The van der Waals surface area contributed by atoms with Crippen molar-refractivity contribution in [3.63, 3.8) is 0 Å². The van der Waals surface area contributed by atoms with Crippen molar-refractivity contribution in [3.05, 3.63) is 29.8 Å². The standard InChI is InChI=1S/C18H30N4O3S/c1-15(14-25-3)21-18(19-2)20-13-16-9-5-6-10-17(16)26(23,24)22-11-7-4-8-12-22/h5-6,9-10,15H,4,7-8,11-14H2,1-3H3,(H2,19,20,21). The number of sulfonamides is 1. The highest BCUT2D eigenvalue weighted by Gasteiger charge is 2.27. The van der Waals surface area contributed by atoms with Gasteiger partial charge < -0.3 is 15.4 Å². The first-order valence-electron chi connectivity index (χ1n) is 9.03. The number of piperidine rings is 1. The minimum atomic E-state index is -3.47. The van der Waals surface area contributed by atoms with Gasteiger partial charge in [0.05, 0.1) is 11.5 Å². The fraction of sp³-hybridized carbons (Fsp3) is 0.611. The van der Waals surface area contributed by atoms with Gasteiger partial charge in [0.25, 0.3) is 0 Å². The molecule has 1 atom stereocenters. The quantitative estimate of drug-likeness (QED) is 0.552. The van der Waals surface area contributed by atoms with Crippen LogP contribution in [0.3, 0.4) is 0 Å². The molecule has 26 heavy (non-hydrogen) atoms. The Labute approximate surface area is 156 Å². The van der Waals surface area contributed by atoms with Gasteiger partial charge in [-0.15, -0.1) is 0 Å². The highest BCUT2D eigenvalue weighted by molar-refractivity contribution is 7.89. The van der Waals surface area contributed by atoms with Gasteiger partial charge >= 0.3 is 0 Å². The number of benzene rings is 1. The van der Waals surface area contributed by atoms with Crippen molar-refractivity contribution in [1.82, 2.24) is 14.9 Å². The van der Waals surface area contributed by atoms with Gasteiger partial charge in [0, 0.05) is 39.8 Å². The molecule has 0 radical (unpaired) electrons. The molecule has 1 aromatic rings. The molecular weight excluding hydrogens is 352 g/mol. The lowest BCUT2D eigenvalue weighted by Crippen LogP contribution is -2.43. The molecule has 2 rings (SSSR count). The van der Waals surface area contributed by atoms with Crippen LogP contribution in [0.25, 0.3) is 0 Å². The van der Waals surface area contributed by atoms with Crippen molar-refractivity contribution >= 4 is 16.0 Å². The molecule has 8 heteroatoms. The molecule has 1 unspecified atom stereocenters. The monoisotopic (exact) mass is 382 g/mol. The van der Waals surface area contributed by atoms with Crippen LogP contribution < -0.4 is 10.6 Å². The van der Waals surface area contributed by atoms with Crippen molar-refractivity contribution < 1.29 is 13.2 Å². The third-order valence-electron chi connectivity index (χ3n) is 4.38. The van der Waals surface area contributed by atoms with Crippen LogP contribution in [0.1, 0.15) is 31.7 Å². The Kier molecular flexibility index (Phi) is 7.86. The van der Waals surface area contributed by atoms with Crippen LogP contribution in [0.2, 0.25) is 0 Å². The molecule has 1 fully saturated rings. The fourth-order valence-electron chi connectivity index (χ4n) is 3.04. The Morgan fingerprint density at radius 2 is 1.96 bits per heavy atom. The highest BCUT2D eigenvalue weighted by atomic mass is 32.2. The molecule has 0 amide bonds. The van der Waals surface area contributed by atoms with Crippen molar-refractivity contribution in [3.8, 4) is 0 Å². The summed E-state index contributed by atoms with van der Waals surface area (Å²) in [5.41, 5.74) is 0.736.